The molecule has 2 heterocycles. The summed E-state index contributed by atoms with van der Waals surface area (Å²) >= 11 is 5.95. The van der Waals surface area contributed by atoms with Crippen LogP contribution < -0.4 is 4.90 Å². The first-order chi connectivity index (χ1) is 8.78. The van der Waals surface area contributed by atoms with E-state index in [0.717, 1.165) is 24.5 Å². The molecule has 4 heteroatoms. The normalized spacial score (nSPS) is 13.2. The Bertz CT molecular complexity index is 646. The third kappa shape index (κ3) is 1.81. The lowest BCUT2D eigenvalue weighted by Gasteiger charge is -2.18. The fourth-order valence-corrected chi connectivity index (χ4v) is 2.47. The van der Waals surface area contributed by atoms with Crippen molar-refractivity contribution in [1.82, 2.24) is 4.98 Å². The lowest BCUT2D eigenvalue weighted by atomic mass is 10.2. The lowest BCUT2D eigenvalue weighted by Crippen LogP contribution is -2.14. The van der Waals surface area contributed by atoms with Gasteiger partial charge in [0.15, 0.2) is 0 Å². The molecule has 3 nitrogen and oxygen atoms in total. The van der Waals surface area contributed by atoms with Gasteiger partial charge in [-0.1, -0.05) is 29.8 Å². The van der Waals surface area contributed by atoms with E-state index in [-0.39, 0.29) is 0 Å². The molecule has 1 aromatic heterocycles. The zero-order chi connectivity index (χ0) is 12.5. The molecule has 2 aromatic rings. The molecule has 0 amide bonds. The minimum absolute atomic E-state index is 0.355. The highest BCUT2D eigenvalue weighted by molar-refractivity contribution is 6.29. The van der Waals surface area contributed by atoms with Crippen LogP contribution in [0, 0.1) is 11.3 Å². The Morgan fingerprint density at radius 1 is 1.28 bits per heavy atom. The quantitative estimate of drug-likeness (QED) is 0.734. The number of hydrogen-bond acceptors (Lipinski definition) is 3. The molecule has 0 atom stereocenters. The molecule has 3 rings (SSSR count). The van der Waals surface area contributed by atoms with Crippen molar-refractivity contribution in [3.8, 4) is 6.07 Å². The molecule has 1 aliphatic heterocycles. The summed E-state index contributed by atoms with van der Waals surface area (Å²) in [6.07, 6.45) is 0.992. The van der Waals surface area contributed by atoms with Crippen LogP contribution in [0.1, 0.15) is 11.1 Å². The molecule has 0 saturated carbocycles. The van der Waals surface area contributed by atoms with Crippen molar-refractivity contribution in [3.63, 3.8) is 0 Å². The van der Waals surface area contributed by atoms with Crippen LogP contribution in [0.15, 0.2) is 36.4 Å². The van der Waals surface area contributed by atoms with Crippen molar-refractivity contribution in [2.24, 2.45) is 0 Å². The Labute approximate surface area is 110 Å². The molecule has 0 unspecified atom stereocenters. The number of nitriles is 1. The number of rotatable bonds is 1. The molecule has 88 valence electrons. The van der Waals surface area contributed by atoms with Crippen molar-refractivity contribution in [1.29, 1.82) is 5.26 Å². The minimum atomic E-state index is 0.355. The minimum Gasteiger partial charge on any atom is -0.326 e. The van der Waals surface area contributed by atoms with Crippen LogP contribution in [0.3, 0.4) is 0 Å². The highest BCUT2D eigenvalue weighted by Crippen LogP contribution is 2.33. The van der Waals surface area contributed by atoms with Gasteiger partial charge < -0.3 is 4.90 Å². The Kier molecular flexibility index (Phi) is 2.66. The Morgan fingerprint density at radius 2 is 2.11 bits per heavy atom. The van der Waals surface area contributed by atoms with Crippen LogP contribution >= 0.6 is 11.6 Å². The summed E-state index contributed by atoms with van der Waals surface area (Å²) in [6, 6.07) is 13.7. The summed E-state index contributed by atoms with van der Waals surface area (Å²) in [6.45, 7) is 0.873. The summed E-state index contributed by atoms with van der Waals surface area (Å²) in [5.41, 5.74) is 2.99. The second-order valence-electron chi connectivity index (χ2n) is 4.18. The lowest BCUT2D eigenvalue weighted by molar-refractivity contribution is 0.973. The number of halogens is 1. The maximum atomic E-state index is 8.97. The van der Waals surface area contributed by atoms with Gasteiger partial charge in [0.1, 0.15) is 11.0 Å². The standard InChI is InChI=1S/C14H10ClN3/c15-13-7-10(9-16)8-14(17-13)18-6-5-11-3-1-2-4-12(11)18/h1-4,7-8H,5-6H2. The maximum absolute atomic E-state index is 8.97. The number of aromatic nitrogens is 1. The molecule has 18 heavy (non-hydrogen) atoms. The van der Waals surface area contributed by atoms with Gasteiger partial charge in [-0.3, -0.25) is 0 Å². The molecular formula is C14H10ClN3. The van der Waals surface area contributed by atoms with Gasteiger partial charge in [0, 0.05) is 12.2 Å². The van der Waals surface area contributed by atoms with Crippen molar-refractivity contribution in [3.05, 3.63) is 52.7 Å². The fourth-order valence-electron chi connectivity index (χ4n) is 2.26. The Morgan fingerprint density at radius 3 is 2.94 bits per heavy atom. The van der Waals surface area contributed by atoms with E-state index >= 15 is 0 Å². The maximum Gasteiger partial charge on any atom is 0.136 e. The van der Waals surface area contributed by atoms with Crippen LogP contribution in [-0.2, 0) is 6.42 Å². The van der Waals surface area contributed by atoms with E-state index in [9.17, 15) is 0 Å². The van der Waals surface area contributed by atoms with Crippen LogP contribution in [0.5, 0.6) is 0 Å². The highest BCUT2D eigenvalue weighted by Gasteiger charge is 2.21. The fraction of sp³-hybridized carbons (Fsp3) is 0.143. The molecule has 0 fully saturated rings. The number of para-hydroxylation sites is 1. The predicted molar refractivity (Wildman–Crippen MR) is 71.1 cm³/mol. The van der Waals surface area contributed by atoms with Crippen molar-refractivity contribution in [2.75, 3.05) is 11.4 Å². The van der Waals surface area contributed by atoms with E-state index in [2.05, 4.69) is 28.1 Å². The molecular weight excluding hydrogens is 246 g/mol. The molecule has 0 bridgehead atoms. The molecule has 0 saturated heterocycles. The monoisotopic (exact) mass is 255 g/mol. The van der Waals surface area contributed by atoms with Gasteiger partial charge in [0.05, 0.1) is 11.6 Å². The summed E-state index contributed by atoms with van der Waals surface area (Å²) in [7, 11) is 0. The zero-order valence-electron chi connectivity index (χ0n) is 9.60. The van der Waals surface area contributed by atoms with Crippen LogP contribution in [0.4, 0.5) is 11.5 Å². The van der Waals surface area contributed by atoms with Gasteiger partial charge in [-0.2, -0.15) is 5.26 Å². The van der Waals surface area contributed by atoms with E-state index < -0.39 is 0 Å². The zero-order valence-corrected chi connectivity index (χ0v) is 10.4. The van der Waals surface area contributed by atoms with Crippen molar-refractivity contribution < 1.29 is 0 Å². The smallest absolute Gasteiger partial charge is 0.136 e. The first kappa shape index (κ1) is 11.1. The predicted octanol–water partition coefficient (Wildman–Crippen LogP) is 3.30. The molecule has 0 spiro atoms. The van der Waals surface area contributed by atoms with E-state index in [4.69, 9.17) is 16.9 Å². The van der Waals surface area contributed by atoms with E-state index in [1.165, 1.54) is 5.56 Å². The largest absolute Gasteiger partial charge is 0.326 e. The topological polar surface area (TPSA) is 39.9 Å². The third-order valence-electron chi connectivity index (χ3n) is 3.07. The number of benzene rings is 1. The molecule has 0 N–H and O–H groups in total. The van der Waals surface area contributed by atoms with Crippen LogP contribution in [0.25, 0.3) is 0 Å². The average Bonchev–Trinajstić information content (AvgIpc) is 2.81. The summed E-state index contributed by atoms with van der Waals surface area (Å²) in [5.74, 6) is 0.740. The van der Waals surface area contributed by atoms with Gasteiger partial charge in [0.2, 0.25) is 0 Å². The Hall–Kier alpha value is -2.05. The number of hydrogen-bond donors (Lipinski definition) is 0. The van der Waals surface area contributed by atoms with Crippen molar-refractivity contribution in [2.45, 2.75) is 6.42 Å². The van der Waals surface area contributed by atoms with Gasteiger partial charge in [-0.25, -0.2) is 4.98 Å². The van der Waals surface area contributed by atoms with E-state index in [0.29, 0.717) is 10.7 Å². The number of nitrogens with zero attached hydrogens (tertiary/aromatic N) is 3. The second-order valence-corrected chi connectivity index (χ2v) is 4.57. The number of pyridine rings is 1. The molecule has 0 aliphatic carbocycles. The highest BCUT2D eigenvalue weighted by atomic mass is 35.5. The summed E-state index contributed by atoms with van der Waals surface area (Å²) < 4.78 is 0. The first-order valence-corrected chi connectivity index (χ1v) is 6.09. The molecule has 1 aliphatic rings. The molecule has 1 aromatic carbocycles. The van der Waals surface area contributed by atoms with Gasteiger partial charge in [0.25, 0.3) is 0 Å². The third-order valence-corrected chi connectivity index (χ3v) is 3.27. The number of fused-ring (bicyclic) bond motifs is 1. The Balaban J connectivity index is 2.08. The van der Waals surface area contributed by atoms with Gasteiger partial charge in [-0.05, 0) is 30.2 Å². The first-order valence-electron chi connectivity index (χ1n) is 5.71. The number of anilines is 2. The van der Waals surface area contributed by atoms with Crippen LogP contribution in [0.2, 0.25) is 5.15 Å². The summed E-state index contributed by atoms with van der Waals surface area (Å²) in [4.78, 5) is 6.40. The van der Waals surface area contributed by atoms with Gasteiger partial charge >= 0.3 is 0 Å². The summed E-state index contributed by atoms with van der Waals surface area (Å²) in [5, 5.41) is 9.32. The molecule has 0 radical (unpaired) electrons. The van der Waals surface area contributed by atoms with Crippen LogP contribution in [-0.4, -0.2) is 11.5 Å². The SMILES string of the molecule is N#Cc1cc(Cl)nc(N2CCc3ccccc32)c1. The van der Waals surface area contributed by atoms with Gasteiger partial charge in [-0.15, -0.1) is 0 Å². The van der Waals surface area contributed by atoms with Crippen molar-refractivity contribution >= 4 is 23.1 Å². The van der Waals surface area contributed by atoms with E-state index in [1.54, 1.807) is 12.1 Å². The van der Waals surface area contributed by atoms with E-state index in [1.807, 2.05) is 12.1 Å². The average molecular weight is 256 g/mol. The second kappa shape index (κ2) is 4.32.